The molecule has 2 aromatic carbocycles. The summed E-state index contributed by atoms with van der Waals surface area (Å²) in [5.41, 5.74) is 0.783. The number of aryl methyl sites for hydroxylation is 1. The fraction of sp³-hybridized carbons (Fsp3) is 0.273. The molecule has 0 fully saturated rings. The third kappa shape index (κ3) is 3.63. The van der Waals surface area contributed by atoms with Gasteiger partial charge < -0.3 is 14.2 Å². The summed E-state index contributed by atoms with van der Waals surface area (Å²) in [5.74, 6) is -1.88. The molecule has 29 heavy (non-hydrogen) atoms. The van der Waals surface area contributed by atoms with Crippen LogP contribution >= 0.6 is 0 Å². The van der Waals surface area contributed by atoms with E-state index in [2.05, 4.69) is 0 Å². The monoisotopic (exact) mass is 396 g/mol. The number of esters is 2. The molecular formula is C22H20O7. The van der Waals surface area contributed by atoms with Gasteiger partial charge in [-0.2, -0.15) is 0 Å². The highest BCUT2D eigenvalue weighted by Crippen LogP contribution is 2.40. The van der Waals surface area contributed by atoms with Gasteiger partial charge in [-0.25, -0.2) is 0 Å². The summed E-state index contributed by atoms with van der Waals surface area (Å²) in [6.45, 7) is 4.97. The Hall–Kier alpha value is -3.48. The lowest BCUT2D eigenvalue weighted by atomic mass is 9.82. The van der Waals surface area contributed by atoms with Gasteiger partial charge in [0.1, 0.15) is 17.2 Å². The summed E-state index contributed by atoms with van der Waals surface area (Å²) in [7, 11) is 1.41. The summed E-state index contributed by atoms with van der Waals surface area (Å²) >= 11 is 0. The van der Waals surface area contributed by atoms with Crippen LogP contribution in [0.3, 0.4) is 0 Å². The van der Waals surface area contributed by atoms with Gasteiger partial charge in [-0.1, -0.05) is 13.8 Å². The lowest BCUT2D eigenvalue weighted by Gasteiger charge is -2.23. The van der Waals surface area contributed by atoms with E-state index in [1.165, 1.54) is 25.3 Å². The first-order valence-electron chi connectivity index (χ1n) is 9.18. The molecule has 0 saturated carbocycles. The van der Waals surface area contributed by atoms with Crippen molar-refractivity contribution < 1.29 is 33.4 Å². The molecule has 0 radical (unpaired) electrons. The molecule has 0 unspecified atom stereocenters. The van der Waals surface area contributed by atoms with Crippen molar-refractivity contribution in [2.45, 2.75) is 33.6 Å². The maximum absolute atomic E-state index is 13.4. The smallest absolute Gasteiger partial charge is 0.310 e. The van der Waals surface area contributed by atoms with Crippen molar-refractivity contribution in [3.05, 3.63) is 52.1 Å². The number of benzene rings is 2. The van der Waals surface area contributed by atoms with Gasteiger partial charge in [0, 0.05) is 30.0 Å². The molecule has 0 aliphatic heterocycles. The Bertz CT molecular complexity index is 1050. The Labute approximate surface area is 167 Å². The van der Waals surface area contributed by atoms with Gasteiger partial charge in [0.25, 0.3) is 0 Å². The van der Waals surface area contributed by atoms with Gasteiger partial charge >= 0.3 is 11.9 Å². The van der Waals surface area contributed by atoms with Crippen LogP contribution in [-0.2, 0) is 9.59 Å². The van der Waals surface area contributed by atoms with Crippen LogP contribution in [0.4, 0.5) is 0 Å². The average molecular weight is 396 g/mol. The number of hydrogen-bond acceptors (Lipinski definition) is 7. The minimum Gasteiger partial charge on any atom is -0.497 e. The maximum Gasteiger partial charge on any atom is 0.310 e. The highest BCUT2D eigenvalue weighted by molar-refractivity contribution is 6.30. The van der Waals surface area contributed by atoms with Crippen molar-refractivity contribution >= 4 is 23.5 Å². The lowest BCUT2D eigenvalue weighted by Crippen LogP contribution is -2.24. The molecule has 0 heterocycles. The minimum atomic E-state index is -0.562. The predicted octanol–water partition coefficient (Wildman–Crippen LogP) is 3.41. The van der Waals surface area contributed by atoms with E-state index in [1.807, 2.05) is 0 Å². The molecule has 0 N–H and O–H groups in total. The lowest BCUT2D eigenvalue weighted by molar-refractivity contribution is -0.134. The molecule has 1 aliphatic carbocycles. The second-order valence-electron chi connectivity index (χ2n) is 6.55. The number of carbonyl (C=O) groups is 4. The second-order valence-corrected chi connectivity index (χ2v) is 6.55. The number of carbonyl (C=O) groups excluding carboxylic acids is 4. The standard InChI is InChI=1S/C22H20O7/c1-5-17(23)28-15-8-11(3)7-13-19(15)22(26)20-14(21(13)25)9-12(27-4)10-16(20)29-18(24)6-2/h7-10H,5-6H2,1-4H3. The molecule has 7 nitrogen and oxygen atoms in total. The Morgan fingerprint density at radius 1 is 0.793 bits per heavy atom. The predicted molar refractivity (Wildman–Crippen MR) is 103 cm³/mol. The molecule has 2 aromatic rings. The van der Waals surface area contributed by atoms with E-state index in [0.717, 1.165) is 0 Å². The summed E-state index contributed by atoms with van der Waals surface area (Å²) < 4.78 is 15.8. The third-order valence-corrected chi connectivity index (χ3v) is 4.53. The first-order chi connectivity index (χ1) is 13.8. The summed E-state index contributed by atoms with van der Waals surface area (Å²) in [5, 5.41) is 0. The fourth-order valence-electron chi connectivity index (χ4n) is 3.11. The molecule has 7 heteroatoms. The van der Waals surface area contributed by atoms with Crippen LogP contribution in [0.15, 0.2) is 24.3 Å². The zero-order valence-electron chi connectivity index (χ0n) is 16.6. The first kappa shape index (κ1) is 20.3. The van der Waals surface area contributed by atoms with Crippen LogP contribution in [0.2, 0.25) is 0 Å². The molecule has 1 aliphatic rings. The van der Waals surface area contributed by atoms with Crippen molar-refractivity contribution in [2.24, 2.45) is 0 Å². The second kappa shape index (κ2) is 7.87. The van der Waals surface area contributed by atoms with Gasteiger partial charge in [-0.15, -0.1) is 0 Å². The van der Waals surface area contributed by atoms with E-state index >= 15 is 0 Å². The Balaban J connectivity index is 2.26. The molecule has 0 spiro atoms. The van der Waals surface area contributed by atoms with Crippen molar-refractivity contribution in [3.63, 3.8) is 0 Å². The number of fused-ring (bicyclic) bond motifs is 2. The highest BCUT2D eigenvalue weighted by Gasteiger charge is 2.36. The Kier molecular flexibility index (Phi) is 5.50. The zero-order chi connectivity index (χ0) is 21.3. The third-order valence-electron chi connectivity index (χ3n) is 4.53. The number of ketones is 2. The number of ether oxygens (including phenoxy) is 3. The van der Waals surface area contributed by atoms with Gasteiger partial charge in [-0.3, -0.25) is 19.2 Å². The highest BCUT2D eigenvalue weighted by atomic mass is 16.5. The van der Waals surface area contributed by atoms with E-state index in [4.69, 9.17) is 14.2 Å². The maximum atomic E-state index is 13.4. The summed E-state index contributed by atoms with van der Waals surface area (Å²) in [4.78, 5) is 50.3. The molecule has 150 valence electrons. The van der Waals surface area contributed by atoms with E-state index in [-0.39, 0.29) is 52.3 Å². The van der Waals surface area contributed by atoms with Crippen molar-refractivity contribution in [3.8, 4) is 17.2 Å². The number of hydrogen-bond donors (Lipinski definition) is 0. The van der Waals surface area contributed by atoms with Gasteiger partial charge in [0.15, 0.2) is 5.78 Å². The van der Waals surface area contributed by atoms with Crippen molar-refractivity contribution in [2.75, 3.05) is 7.11 Å². The van der Waals surface area contributed by atoms with Gasteiger partial charge in [0.2, 0.25) is 5.78 Å². The topological polar surface area (TPSA) is 96.0 Å². The summed E-state index contributed by atoms with van der Waals surface area (Å²) in [6, 6.07) is 5.92. The molecule has 0 saturated heterocycles. The zero-order valence-corrected chi connectivity index (χ0v) is 16.6. The quantitative estimate of drug-likeness (QED) is 0.482. The van der Waals surface area contributed by atoms with Crippen molar-refractivity contribution in [1.29, 1.82) is 0 Å². The average Bonchev–Trinajstić information content (AvgIpc) is 2.70. The SMILES string of the molecule is CCC(=O)Oc1cc(C)cc2c1C(=O)c1c(OC(=O)CC)cc(OC)cc1C2=O. The Morgan fingerprint density at radius 3 is 1.83 bits per heavy atom. The van der Waals surface area contributed by atoms with E-state index in [9.17, 15) is 19.2 Å². The van der Waals surface area contributed by atoms with Crippen LogP contribution < -0.4 is 14.2 Å². The van der Waals surface area contributed by atoms with Crippen LogP contribution in [0.1, 0.15) is 64.1 Å². The van der Waals surface area contributed by atoms with Crippen LogP contribution in [0.25, 0.3) is 0 Å². The fourth-order valence-corrected chi connectivity index (χ4v) is 3.11. The number of rotatable bonds is 5. The van der Waals surface area contributed by atoms with Gasteiger partial charge in [-0.05, 0) is 30.7 Å². The van der Waals surface area contributed by atoms with E-state index in [0.29, 0.717) is 5.56 Å². The molecule has 0 aromatic heterocycles. The molecular weight excluding hydrogens is 376 g/mol. The largest absolute Gasteiger partial charge is 0.497 e. The molecule has 0 bridgehead atoms. The Morgan fingerprint density at radius 2 is 1.31 bits per heavy atom. The molecule has 3 rings (SSSR count). The molecule has 0 atom stereocenters. The van der Waals surface area contributed by atoms with Crippen LogP contribution in [0, 0.1) is 6.92 Å². The summed E-state index contributed by atoms with van der Waals surface area (Å²) in [6.07, 6.45) is 0.196. The minimum absolute atomic E-state index is 0.0134. The first-order valence-corrected chi connectivity index (χ1v) is 9.18. The van der Waals surface area contributed by atoms with Crippen LogP contribution in [-0.4, -0.2) is 30.6 Å². The normalized spacial score (nSPS) is 12.1. The molecule has 0 amide bonds. The van der Waals surface area contributed by atoms with Crippen LogP contribution in [0.5, 0.6) is 17.2 Å². The van der Waals surface area contributed by atoms with E-state index < -0.39 is 23.5 Å². The van der Waals surface area contributed by atoms with Gasteiger partial charge in [0.05, 0.1) is 18.2 Å². The van der Waals surface area contributed by atoms with Crippen molar-refractivity contribution in [1.82, 2.24) is 0 Å². The number of methoxy groups -OCH3 is 1. The van der Waals surface area contributed by atoms with E-state index in [1.54, 1.807) is 26.8 Å².